The Kier molecular flexibility index (Phi) is 4.10. The minimum absolute atomic E-state index is 0.0190. The minimum Gasteiger partial charge on any atom is -0.380 e. The number of ether oxygens (including phenoxy) is 1. The van der Waals surface area contributed by atoms with Crippen molar-refractivity contribution >= 4 is 21.6 Å². The van der Waals surface area contributed by atoms with Crippen LogP contribution < -0.4 is 5.73 Å². The highest BCUT2D eigenvalue weighted by Gasteiger charge is 2.17. The van der Waals surface area contributed by atoms with E-state index >= 15 is 0 Å². The first-order valence-electron chi connectivity index (χ1n) is 5.87. The number of para-hydroxylation sites is 1. The van der Waals surface area contributed by atoms with Crippen LogP contribution in [0.1, 0.15) is 18.4 Å². The number of fused-ring (bicyclic) bond motifs is 1. The summed E-state index contributed by atoms with van der Waals surface area (Å²) in [5, 5.41) is 1.09. The average molecular weight is 250 g/mol. The molecule has 17 heavy (non-hydrogen) atoms. The van der Waals surface area contributed by atoms with E-state index in [1.54, 1.807) is 18.4 Å². The zero-order valence-corrected chi connectivity index (χ0v) is 11.0. The molecule has 3 nitrogen and oxygen atoms in total. The second kappa shape index (κ2) is 5.58. The summed E-state index contributed by atoms with van der Waals surface area (Å²) in [4.78, 5) is 4.59. The van der Waals surface area contributed by atoms with Gasteiger partial charge in [-0.25, -0.2) is 4.98 Å². The first kappa shape index (κ1) is 12.5. The monoisotopic (exact) mass is 250 g/mol. The van der Waals surface area contributed by atoms with Crippen LogP contribution in [0.4, 0.5) is 0 Å². The second-order valence-electron chi connectivity index (χ2n) is 4.13. The molecule has 0 spiro atoms. The van der Waals surface area contributed by atoms with Crippen LogP contribution in [0.5, 0.6) is 0 Å². The molecule has 2 aromatic rings. The number of rotatable bonds is 5. The normalized spacial score (nSPS) is 15.0. The van der Waals surface area contributed by atoms with Gasteiger partial charge in [-0.1, -0.05) is 19.1 Å². The summed E-state index contributed by atoms with van der Waals surface area (Å²) in [5.41, 5.74) is 7.19. The number of hydrogen-bond donors (Lipinski definition) is 1. The molecule has 0 amide bonds. The molecule has 0 saturated carbocycles. The largest absolute Gasteiger partial charge is 0.380 e. The smallest absolute Gasteiger partial charge is 0.0955 e. The number of aromatic nitrogens is 1. The lowest BCUT2D eigenvalue weighted by Gasteiger charge is -2.19. The van der Waals surface area contributed by atoms with Gasteiger partial charge in [-0.2, -0.15) is 0 Å². The van der Waals surface area contributed by atoms with Crippen molar-refractivity contribution in [2.75, 3.05) is 7.11 Å². The topological polar surface area (TPSA) is 48.1 Å². The van der Waals surface area contributed by atoms with Crippen molar-refractivity contribution < 1.29 is 4.74 Å². The van der Waals surface area contributed by atoms with Crippen LogP contribution in [0.15, 0.2) is 24.3 Å². The zero-order chi connectivity index (χ0) is 12.3. The molecule has 0 bridgehead atoms. The Labute approximate surface area is 106 Å². The van der Waals surface area contributed by atoms with E-state index in [0.29, 0.717) is 0 Å². The summed E-state index contributed by atoms with van der Waals surface area (Å²) in [5.74, 6) is 0. The van der Waals surface area contributed by atoms with Crippen LogP contribution in [-0.4, -0.2) is 24.2 Å². The van der Waals surface area contributed by atoms with Gasteiger partial charge in [0.1, 0.15) is 0 Å². The van der Waals surface area contributed by atoms with Crippen molar-refractivity contribution in [1.82, 2.24) is 4.98 Å². The van der Waals surface area contributed by atoms with Crippen LogP contribution in [0.2, 0.25) is 0 Å². The van der Waals surface area contributed by atoms with Gasteiger partial charge in [0.05, 0.1) is 21.3 Å². The minimum atomic E-state index is 0.0190. The number of methoxy groups -OCH3 is 1. The molecule has 0 aliphatic heterocycles. The Morgan fingerprint density at radius 2 is 2.18 bits per heavy atom. The number of nitrogens with two attached hydrogens (primary N) is 1. The highest BCUT2D eigenvalue weighted by molar-refractivity contribution is 7.18. The summed E-state index contributed by atoms with van der Waals surface area (Å²) in [7, 11) is 1.71. The molecule has 92 valence electrons. The molecule has 1 aromatic carbocycles. The quantitative estimate of drug-likeness (QED) is 0.887. The summed E-state index contributed by atoms with van der Waals surface area (Å²) in [6.07, 6.45) is 1.83. The van der Waals surface area contributed by atoms with Gasteiger partial charge in [-0.15, -0.1) is 11.3 Å². The Bertz CT molecular complexity index is 446. The Hall–Kier alpha value is -0.970. The van der Waals surface area contributed by atoms with Gasteiger partial charge in [-0.3, -0.25) is 0 Å². The van der Waals surface area contributed by atoms with Gasteiger partial charge in [0.25, 0.3) is 0 Å². The highest BCUT2D eigenvalue weighted by atomic mass is 32.1. The van der Waals surface area contributed by atoms with Crippen molar-refractivity contribution in [2.24, 2.45) is 5.73 Å². The molecule has 0 saturated heterocycles. The Balaban J connectivity index is 2.12. The zero-order valence-electron chi connectivity index (χ0n) is 10.2. The van der Waals surface area contributed by atoms with E-state index < -0.39 is 0 Å². The van der Waals surface area contributed by atoms with E-state index in [9.17, 15) is 0 Å². The molecule has 0 aliphatic rings. The first-order valence-corrected chi connectivity index (χ1v) is 6.69. The van der Waals surface area contributed by atoms with Crippen molar-refractivity contribution in [1.29, 1.82) is 0 Å². The first-order chi connectivity index (χ1) is 8.24. The predicted molar refractivity (Wildman–Crippen MR) is 72.4 cm³/mol. The molecule has 0 fully saturated rings. The summed E-state index contributed by atoms with van der Waals surface area (Å²) < 4.78 is 6.58. The van der Waals surface area contributed by atoms with E-state index in [1.165, 1.54) is 4.70 Å². The molecular weight excluding hydrogens is 232 g/mol. The van der Waals surface area contributed by atoms with E-state index in [1.807, 2.05) is 18.2 Å². The molecule has 2 unspecified atom stereocenters. The lowest BCUT2D eigenvalue weighted by Crippen LogP contribution is -2.37. The summed E-state index contributed by atoms with van der Waals surface area (Å²) in [6, 6.07) is 8.19. The SMILES string of the molecule is CCC(OC)C(N)Cc1nc2ccccc2s1. The molecule has 2 N–H and O–H groups in total. The van der Waals surface area contributed by atoms with Crippen molar-refractivity contribution in [2.45, 2.75) is 31.9 Å². The van der Waals surface area contributed by atoms with Gasteiger partial charge < -0.3 is 10.5 Å². The molecule has 1 aromatic heterocycles. The lowest BCUT2D eigenvalue weighted by atomic mass is 10.1. The third-order valence-corrected chi connectivity index (χ3v) is 3.99. The Morgan fingerprint density at radius 3 is 2.82 bits per heavy atom. The maximum Gasteiger partial charge on any atom is 0.0955 e. The van der Waals surface area contributed by atoms with Gasteiger partial charge in [0.2, 0.25) is 0 Å². The highest BCUT2D eigenvalue weighted by Crippen LogP contribution is 2.23. The molecule has 0 radical (unpaired) electrons. The predicted octanol–water partition coefficient (Wildman–Crippen LogP) is 2.59. The van der Waals surface area contributed by atoms with Crippen LogP contribution in [-0.2, 0) is 11.2 Å². The standard InChI is InChI=1S/C13H18N2OS/c1-3-11(16-2)9(14)8-13-15-10-6-4-5-7-12(10)17-13/h4-7,9,11H,3,8,14H2,1-2H3. The Morgan fingerprint density at radius 1 is 1.41 bits per heavy atom. The van der Waals surface area contributed by atoms with E-state index in [4.69, 9.17) is 10.5 Å². The molecular formula is C13H18N2OS. The maximum absolute atomic E-state index is 6.13. The van der Waals surface area contributed by atoms with Gasteiger partial charge in [0.15, 0.2) is 0 Å². The molecule has 0 aliphatic carbocycles. The number of nitrogens with zero attached hydrogens (tertiary/aromatic N) is 1. The average Bonchev–Trinajstić information content (AvgIpc) is 2.72. The molecule has 4 heteroatoms. The fraction of sp³-hybridized carbons (Fsp3) is 0.462. The van der Waals surface area contributed by atoms with E-state index in [2.05, 4.69) is 18.0 Å². The number of hydrogen-bond acceptors (Lipinski definition) is 4. The summed E-state index contributed by atoms with van der Waals surface area (Å²) >= 11 is 1.72. The lowest BCUT2D eigenvalue weighted by molar-refractivity contribution is 0.0773. The fourth-order valence-electron chi connectivity index (χ4n) is 1.98. The molecule has 1 heterocycles. The van der Waals surface area contributed by atoms with Crippen LogP contribution in [0.25, 0.3) is 10.2 Å². The van der Waals surface area contributed by atoms with Crippen LogP contribution in [0, 0.1) is 0 Å². The summed E-state index contributed by atoms with van der Waals surface area (Å²) in [6.45, 7) is 2.09. The van der Waals surface area contributed by atoms with Crippen molar-refractivity contribution in [3.8, 4) is 0 Å². The van der Waals surface area contributed by atoms with Crippen LogP contribution in [0.3, 0.4) is 0 Å². The fourth-order valence-corrected chi connectivity index (χ4v) is 3.02. The van der Waals surface area contributed by atoms with Crippen molar-refractivity contribution in [3.05, 3.63) is 29.3 Å². The van der Waals surface area contributed by atoms with E-state index in [0.717, 1.165) is 23.4 Å². The third-order valence-electron chi connectivity index (χ3n) is 2.93. The van der Waals surface area contributed by atoms with Gasteiger partial charge in [0, 0.05) is 19.6 Å². The van der Waals surface area contributed by atoms with Crippen LogP contribution >= 0.6 is 11.3 Å². The second-order valence-corrected chi connectivity index (χ2v) is 5.24. The van der Waals surface area contributed by atoms with Gasteiger partial charge in [-0.05, 0) is 18.6 Å². The number of benzene rings is 1. The maximum atomic E-state index is 6.13. The van der Waals surface area contributed by atoms with Gasteiger partial charge >= 0.3 is 0 Å². The third kappa shape index (κ3) is 2.83. The van der Waals surface area contributed by atoms with E-state index in [-0.39, 0.29) is 12.1 Å². The molecule has 2 atom stereocenters. The molecule has 2 rings (SSSR count). The van der Waals surface area contributed by atoms with Crippen molar-refractivity contribution in [3.63, 3.8) is 0 Å². The number of thiazole rings is 1.